The fourth-order valence-corrected chi connectivity index (χ4v) is 8.09. The SMILES string of the molecule is O=C1Oc2c(Br)cc(Br)cc2[C@@H]2c3sc(=O)[nH]c3S[C@H](c3ccccc3Cl)[C@H]12. The summed E-state index contributed by atoms with van der Waals surface area (Å²) in [5, 5.41) is 1.11. The second kappa shape index (κ2) is 7.02. The molecule has 2 aromatic carbocycles. The van der Waals surface area contributed by atoms with E-state index in [1.54, 1.807) is 0 Å². The number of aromatic nitrogens is 1. The zero-order chi connectivity index (χ0) is 19.6. The number of thiazole rings is 1. The molecule has 3 atom stereocenters. The van der Waals surface area contributed by atoms with Crippen LogP contribution in [0.25, 0.3) is 0 Å². The van der Waals surface area contributed by atoms with Gasteiger partial charge in [0.1, 0.15) is 5.75 Å². The summed E-state index contributed by atoms with van der Waals surface area (Å²) in [6, 6.07) is 11.3. The van der Waals surface area contributed by atoms with Crippen LogP contribution in [0.5, 0.6) is 5.75 Å². The minimum Gasteiger partial charge on any atom is -0.425 e. The van der Waals surface area contributed by atoms with E-state index in [1.165, 1.54) is 11.8 Å². The van der Waals surface area contributed by atoms with Crippen molar-refractivity contribution in [1.82, 2.24) is 4.98 Å². The van der Waals surface area contributed by atoms with Crippen LogP contribution in [-0.2, 0) is 4.79 Å². The zero-order valence-electron chi connectivity index (χ0n) is 13.9. The average Bonchev–Trinajstić information content (AvgIpc) is 3.02. The van der Waals surface area contributed by atoms with E-state index in [4.69, 9.17) is 16.3 Å². The van der Waals surface area contributed by atoms with E-state index in [2.05, 4.69) is 36.8 Å². The van der Waals surface area contributed by atoms with Gasteiger partial charge in [0, 0.05) is 25.9 Å². The number of aromatic amines is 1. The molecule has 4 nitrogen and oxygen atoms in total. The first kappa shape index (κ1) is 18.9. The second-order valence-corrected chi connectivity index (χ2v) is 10.8. The fraction of sp³-hybridized carbons (Fsp3) is 0.158. The molecule has 5 rings (SSSR count). The molecule has 0 aliphatic carbocycles. The third kappa shape index (κ3) is 2.92. The van der Waals surface area contributed by atoms with Gasteiger partial charge < -0.3 is 9.72 Å². The van der Waals surface area contributed by atoms with Crippen LogP contribution >= 0.6 is 66.6 Å². The van der Waals surface area contributed by atoms with Crippen LogP contribution in [0.4, 0.5) is 0 Å². The molecule has 1 N–H and O–H groups in total. The molecule has 3 aromatic rings. The molecular formula is C19H10Br2ClNO3S2. The third-order valence-corrected chi connectivity index (χ3v) is 8.76. The first-order valence-corrected chi connectivity index (χ1v) is 11.9. The molecule has 0 bridgehead atoms. The molecular weight excluding hydrogens is 550 g/mol. The van der Waals surface area contributed by atoms with Crippen molar-refractivity contribution in [3.8, 4) is 5.75 Å². The van der Waals surface area contributed by atoms with E-state index in [9.17, 15) is 9.59 Å². The van der Waals surface area contributed by atoms with Crippen molar-refractivity contribution in [2.45, 2.75) is 16.2 Å². The predicted octanol–water partition coefficient (Wildman–Crippen LogP) is 6.13. The van der Waals surface area contributed by atoms with Crippen molar-refractivity contribution in [2.75, 3.05) is 0 Å². The summed E-state index contributed by atoms with van der Waals surface area (Å²) in [4.78, 5) is 29.0. The van der Waals surface area contributed by atoms with Crippen molar-refractivity contribution in [1.29, 1.82) is 0 Å². The Morgan fingerprint density at radius 3 is 2.68 bits per heavy atom. The largest absolute Gasteiger partial charge is 0.425 e. The summed E-state index contributed by atoms with van der Waals surface area (Å²) < 4.78 is 7.32. The fourth-order valence-electron chi connectivity index (χ4n) is 3.80. The van der Waals surface area contributed by atoms with Gasteiger partial charge in [0.25, 0.3) is 0 Å². The van der Waals surface area contributed by atoms with Gasteiger partial charge in [0.15, 0.2) is 0 Å². The predicted molar refractivity (Wildman–Crippen MR) is 118 cm³/mol. The molecule has 0 radical (unpaired) electrons. The van der Waals surface area contributed by atoms with Crippen molar-refractivity contribution < 1.29 is 9.53 Å². The quantitative estimate of drug-likeness (QED) is 0.288. The standard InChI is InChI=1S/C19H10Br2ClNO3S2/c20-7-5-9-12-13(18(24)26-14(9)10(21)6-7)15(8-3-1-2-4-11(8)22)27-17-16(12)28-19(25)23-17/h1-6,12-13,15H,(H,23,25)/t12-,13+,15+/m0/s1. The lowest BCUT2D eigenvalue weighted by Crippen LogP contribution is -2.37. The van der Waals surface area contributed by atoms with Gasteiger partial charge in [0.2, 0.25) is 0 Å². The first-order valence-electron chi connectivity index (χ1n) is 8.28. The summed E-state index contributed by atoms with van der Waals surface area (Å²) >= 11 is 16.1. The molecule has 28 heavy (non-hydrogen) atoms. The maximum atomic E-state index is 13.1. The van der Waals surface area contributed by atoms with Crippen LogP contribution in [0.3, 0.4) is 0 Å². The highest BCUT2D eigenvalue weighted by molar-refractivity contribution is 9.11. The summed E-state index contributed by atoms with van der Waals surface area (Å²) in [5.41, 5.74) is 1.73. The average molecular weight is 560 g/mol. The van der Waals surface area contributed by atoms with Gasteiger partial charge in [-0.25, -0.2) is 0 Å². The minimum atomic E-state index is -0.488. The monoisotopic (exact) mass is 557 g/mol. The van der Waals surface area contributed by atoms with E-state index in [0.29, 0.717) is 15.2 Å². The van der Waals surface area contributed by atoms with Crippen LogP contribution in [0.15, 0.2) is 55.2 Å². The molecule has 0 saturated carbocycles. The number of hydrogen-bond donors (Lipinski definition) is 1. The Kier molecular flexibility index (Phi) is 4.75. The number of fused-ring (bicyclic) bond motifs is 5. The summed E-state index contributed by atoms with van der Waals surface area (Å²) in [6.45, 7) is 0. The molecule has 2 aliphatic rings. The topological polar surface area (TPSA) is 59.2 Å². The van der Waals surface area contributed by atoms with Crippen LogP contribution in [-0.4, -0.2) is 11.0 Å². The number of ether oxygens (including phenoxy) is 1. The van der Waals surface area contributed by atoms with Crippen LogP contribution in [0, 0.1) is 5.92 Å². The van der Waals surface area contributed by atoms with Crippen molar-refractivity contribution in [3.05, 3.63) is 76.0 Å². The van der Waals surface area contributed by atoms with E-state index in [1.807, 2.05) is 36.4 Å². The van der Waals surface area contributed by atoms with E-state index in [-0.39, 0.29) is 22.0 Å². The number of H-pyrrole nitrogens is 1. The number of nitrogens with one attached hydrogen (secondary N) is 1. The molecule has 0 fully saturated rings. The maximum absolute atomic E-state index is 13.1. The van der Waals surface area contributed by atoms with Gasteiger partial charge in [-0.05, 0) is 39.7 Å². The van der Waals surface area contributed by atoms with Crippen molar-refractivity contribution in [3.63, 3.8) is 0 Å². The molecule has 142 valence electrons. The molecule has 2 aliphatic heterocycles. The number of halogens is 3. The molecule has 0 spiro atoms. The highest BCUT2D eigenvalue weighted by Gasteiger charge is 2.50. The lowest BCUT2D eigenvalue weighted by atomic mass is 9.78. The zero-order valence-corrected chi connectivity index (χ0v) is 19.4. The van der Waals surface area contributed by atoms with Gasteiger partial charge in [-0.3, -0.25) is 9.59 Å². The molecule has 9 heteroatoms. The maximum Gasteiger partial charge on any atom is 0.316 e. The molecule has 0 saturated heterocycles. The van der Waals surface area contributed by atoms with Crippen molar-refractivity contribution in [2.24, 2.45) is 5.92 Å². The number of carbonyl (C=O) groups is 1. The van der Waals surface area contributed by atoms with Crippen LogP contribution < -0.4 is 9.61 Å². The van der Waals surface area contributed by atoms with Gasteiger partial charge in [0.05, 0.1) is 20.7 Å². The summed E-state index contributed by atoms with van der Waals surface area (Å²) in [5.74, 6) is -0.584. The third-order valence-electron chi connectivity index (χ3n) is 4.91. The van der Waals surface area contributed by atoms with Gasteiger partial charge in [-0.1, -0.05) is 68.8 Å². The van der Waals surface area contributed by atoms with E-state index in [0.717, 1.165) is 36.8 Å². The van der Waals surface area contributed by atoms with Gasteiger partial charge >= 0.3 is 10.8 Å². The number of rotatable bonds is 1. The number of hydrogen-bond acceptors (Lipinski definition) is 5. The van der Waals surface area contributed by atoms with Crippen LogP contribution in [0.2, 0.25) is 5.02 Å². The minimum absolute atomic E-state index is 0.134. The Hall–Kier alpha value is -1.06. The highest BCUT2D eigenvalue weighted by atomic mass is 79.9. The Bertz CT molecular complexity index is 1190. The Labute approximate surface area is 189 Å². The van der Waals surface area contributed by atoms with Crippen LogP contribution in [0.1, 0.15) is 27.2 Å². The molecule has 1 aromatic heterocycles. The Morgan fingerprint density at radius 1 is 1.11 bits per heavy atom. The smallest absolute Gasteiger partial charge is 0.316 e. The normalized spacial score (nSPS) is 22.8. The highest BCUT2D eigenvalue weighted by Crippen LogP contribution is 2.60. The number of carbonyl (C=O) groups excluding carboxylic acids is 1. The lowest BCUT2D eigenvalue weighted by Gasteiger charge is -2.40. The van der Waals surface area contributed by atoms with Gasteiger partial charge in [-0.2, -0.15) is 0 Å². The van der Waals surface area contributed by atoms with E-state index < -0.39 is 5.92 Å². The number of benzene rings is 2. The lowest BCUT2D eigenvalue weighted by molar-refractivity contribution is -0.141. The Morgan fingerprint density at radius 2 is 1.89 bits per heavy atom. The molecule has 0 amide bonds. The number of esters is 1. The second-order valence-electron chi connectivity index (χ2n) is 6.50. The van der Waals surface area contributed by atoms with Crippen molar-refractivity contribution >= 4 is 72.5 Å². The van der Waals surface area contributed by atoms with Gasteiger partial charge in [-0.15, -0.1) is 0 Å². The number of thioether (sulfide) groups is 1. The molecule has 3 heterocycles. The first-order chi connectivity index (χ1) is 13.4. The Balaban J connectivity index is 1.78. The summed E-state index contributed by atoms with van der Waals surface area (Å²) in [7, 11) is 0. The van der Waals surface area contributed by atoms with E-state index >= 15 is 0 Å². The summed E-state index contributed by atoms with van der Waals surface area (Å²) in [6.07, 6.45) is 0. The molecule has 0 unspecified atom stereocenters.